The molecule has 0 aromatic heterocycles. The maximum Gasteiger partial charge on any atom is 0.281 e. The molecule has 13 heavy (non-hydrogen) atoms. The van der Waals surface area contributed by atoms with Crippen molar-refractivity contribution in [1.82, 2.24) is 0 Å². The number of amides is 1. The summed E-state index contributed by atoms with van der Waals surface area (Å²) < 4.78 is 0. The van der Waals surface area contributed by atoms with Gasteiger partial charge in [0.05, 0.1) is 16.1 Å². The second kappa shape index (κ2) is 3.20. The topological polar surface area (TPSA) is 41.8 Å². The van der Waals surface area contributed by atoms with Crippen molar-refractivity contribution in [1.29, 1.82) is 0 Å². The molecular formula is C8H4BrClN2O. The Morgan fingerprint density at radius 3 is 3.00 bits per heavy atom. The Labute approximate surface area is 88.0 Å². The number of halogens is 2. The van der Waals surface area contributed by atoms with Crippen LogP contribution in [0.15, 0.2) is 33.8 Å². The van der Waals surface area contributed by atoms with Crippen LogP contribution in [-0.2, 0) is 4.79 Å². The van der Waals surface area contributed by atoms with Crippen molar-refractivity contribution >= 4 is 44.4 Å². The zero-order valence-electron chi connectivity index (χ0n) is 6.37. The van der Waals surface area contributed by atoms with Crippen LogP contribution in [0.4, 0.5) is 0 Å². The normalized spacial score (nSPS) is 26.2. The second-order valence-corrected chi connectivity index (χ2v) is 3.87. The summed E-state index contributed by atoms with van der Waals surface area (Å²) in [6.45, 7) is 0. The van der Waals surface area contributed by atoms with E-state index in [-0.39, 0.29) is 16.0 Å². The van der Waals surface area contributed by atoms with E-state index in [4.69, 9.17) is 11.6 Å². The van der Waals surface area contributed by atoms with E-state index in [0.717, 1.165) is 0 Å². The number of hydrogen-bond donors (Lipinski definition) is 0. The lowest BCUT2D eigenvalue weighted by molar-refractivity contribution is -0.113. The van der Waals surface area contributed by atoms with E-state index in [1.54, 1.807) is 12.2 Å². The molecule has 1 unspecified atom stereocenters. The monoisotopic (exact) mass is 258 g/mol. The third kappa shape index (κ3) is 1.51. The first kappa shape index (κ1) is 8.84. The van der Waals surface area contributed by atoms with Gasteiger partial charge in [0.25, 0.3) is 5.91 Å². The Morgan fingerprint density at radius 1 is 1.46 bits per heavy atom. The number of alkyl halides is 1. The number of aliphatic imine (C=N–C) groups is 2. The van der Waals surface area contributed by atoms with Crippen molar-refractivity contribution in [3.63, 3.8) is 0 Å². The standard InChI is InChI=1S/C8H4BrClN2O/c9-5-3-1-2-4-6(5)11-8(10)12-7(4)13/h1-3,5H. The van der Waals surface area contributed by atoms with Gasteiger partial charge < -0.3 is 0 Å². The van der Waals surface area contributed by atoms with E-state index < -0.39 is 0 Å². The number of amidine groups is 1. The summed E-state index contributed by atoms with van der Waals surface area (Å²) in [5, 5.41) is -0.00287. The highest BCUT2D eigenvalue weighted by Crippen LogP contribution is 2.21. The van der Waals surface area contributed by atoms with Gasteiger partial charge in [0, 0.05) is 0 Å². The fourth-order valence-electron chi connectivity index (χ4n) is 1.15. The Bertz CT molecular complexity index is 395. The average Bonchev–Trinajstić information content (AvgIpc) is 2.07. The van der Waals surface area contributed by atoms with Gasteiger partial charge in [-0.2, -0.15) is 4.99 Å². The lowest BCUT2D eigenvalue weighted by Gasteiger charge is -2.16. The molecule has 0 aromatic rings. The van der Waals surface area contributed by atoms with Crippen molar-refractivity contribution in [2.45, 2.75) is 4.83 Å². The molecule has 1 amide bonds. The first-order valence-corrected chi connectivity index (χ1v) is 4.88. The molecule has 2 aliphatic rings. The highest BCUT2D eigenvalue weighted by Gasteiger charge is 2.26. The van der Waals surface area contributed by atoms with Crippen molar-refractivity contribution in [2.75, 3.05) is 0 Å². The van der Waals surface area contributed by atoms with Gasteiger partial charge in [-0.25, -0.2) is 4.99 Å². The maximum absolute atomic E-state index is 11.3. The van der Waals surface area contributed by atoms with Crippen LogP contribution >= 0.6 is 27.5 Å². The highest BCUT2D eigenvalue weighted by atomic mass is 79.9. The van der Waals surface area contributed by atoms with Crippen molar-refractivity contribution in [3.8, 4) is 0 Å². The molecule has 5 heteroatoms. The quantitative estimate of drug-likeness (QED) is 0.483. The molecular weight excluding hydrogens is 255 g/mol. The number of hydrogen-bond acceptors (Lipinski definition) is 2. The summed E-state index contributed by atoms with van der Waals surface area (Å²) >= 11 is 8.93. The fraction of sp³-hybridized carbons (Fsp3) is 0.125. The summed E-state index contributed by atoms with van der Waals surface area (Å²) in [4.78, 5) is 18.8. The summed E-state index contributed by atoms with van der Waals surface area (Å²) in [6, 6.07) is 0. The molecule has 2 rings (SSSR count). The maximum atomic E-state index is 11.3. The smallest absolute Gasteiger partial charge is 0.267 e. The molecule has 0 N–H and O–H groups in total. The van der Waals surface area contributed by atoms with Gasteiger partial charge in [0.1, 0.15) is 0 Å². The Kier molecular flexibility index (Phi) is 2.17. The van der Waals surface area contributed by atoms with E-state index in [1.807, 2.05) is 6.08 Å². The minimum atomic E-state index is -0.330. The molecule has 0 radical (unpaired) electrons. The average molecular weight is 259 g/mol. The third-order valence-corrected chi connectivity index (χ3v) is 2.62. The molecule has 1 aliphatic heterocycles. The Morgan fingerprint density at radius 2 is 2.23 bits per heavy atom. The molecule has 0 bridgehead atoms. The minimum Gasteiger partial charge on any atom is -0.267 e. The number of carbonyl (C=O) groups excluding carboxylic acids is 1. The molecule has 1 heterocycles. The molecule has 0 fully saturated rings. The Hall–Kier alpha value is -0.740. The zero-order valence-corrected chi connectivity index (χ0v) is 8.71. The molecule has 0 saturated heterocycles. The molecule has 1 aliphatic carbocycles. The molecule has 0 spiro atoms. The highest BCUT2D eigenvalue weighted by molar-refractivity contribution is 9.10. The van der Waals surface area contributed by atoms with Gasteiger partial charge in [0.15, 0.2) is 0 Å². The van der Waals surface area contributed by atoms with Crippen LogP contribution in [0.2, 0.25) is 0 Å². The summed E-state index contributed by atoms with van der Waals surface area (Å²) in [6.07, 6.45) is 5.36. The summed E-state index contributed by atoms with van der Waals surface area (Å²) in [5.41, 5.74) is 1.14. The van der Waals surface area contributed by atoms with Crippen molar-refractivity contribution in [2.24, 2.45) is 9.98 Å². The van der Waals surface area contributed by atoms with Gasteiger partial charge in [-0.15, -0.1) is 0 Å². The van der Waals surface area contributed by atoms with Crippen LogP contribution < -0.4 is 0 Å². The first-order chi connectivity index (χ1) is 6.18. The molecule has 1 atom stereocenters. The van der Waals surface area contributed by atoms with Gasteiger partial charge in [-0.1, -0.05) is 28.1 Å². The number of carbonyl (C=O) groups is 1. The first-order valence-electron chi connectivity index (χ1n) is 3.58. The van der Waals surface area contributed by atoms with Gasteiger partial charge in [-0.3, -0.25) is 4.79 Å². The predicted octanol–water partition coefficient (Wildman–Crippen LogP) is 1.82. The lowest BCUT2D eigenvalue weighted by Crippen LogP contribution is -2.26. The van der Waals surface area contributed by atoms with Crippen LogP contribution in [0.5, 0.6) is 0 Å². The molecule has 0 aromatic carbocycles. The largest absolute Gasteiger partial charge is 0.281 e. The van der Waals surface area contributed by atoms with Gasteiger partial charge in [-0.05, 0) is 17.7 Å². The van der Waals surface area contributed by atoms with Crippen LogP contribution in [0.3, 0.4) is 0 Å². The molecule has 3 nitrogen and oxygen atoms in total. The second-order valence-electron chi connectivity index (χ2n) is 2.55. The fourth-order valence-corrected chi connectivity index (χ4v) is 1.84. The number of nitrogens with zero attached hydrogens (tertiary/aromatic N) is 2. The predicted molar refractivity (Wildman–Crippen MR) is 55.7 cm³/mol. The van der Waals surface area contributed by atoms with Crippen LogP contribution in [0.25, 0.3) is 0 Å². The lowest BCUT2D eigenvalue weighted by atomic mass is 10.0. The van der Waals surface area contributed by atoms with Crippen LogP contribution in [-0.4, -0.2) is 21.7 Å². The number of fused-ring (bicyclic) bond motifs is 1. The van der Waals surface area contributed by atoms with Crippen molar-refractivity contribution in [3.05, 3.63) is 23.8 Å². The SMILES string of the molecule is O=C1N=C(Cl)N=C2C1=CC=CC2Br. The van der Waals surface area contributed by atoms with E-state index >= 15 is 0 Å². The minimum absolute atomic E-state index is 0.00287. The molecule has 66 valence electrons. The Balaban J connectivity index is 2.52. The summed E-state index contributed by atoms with van der Waals surface area (Å²) in [5.74, 6) is -0.330. The van der Waals surface area contributed by atoms with Gasteiger partial charge >= 0.3 is 0 Å². The zero-order chi connectivity index (χ0) is 9.42. The van der Waals surface area contributed by atoms with Gasteiger partial charge in [0.2, 0.25) is 5.29 Å². The van der Waals surface area contributed by atoms with Crippen LogP contribution in [0.1, 0.15) is 0 Å². The van der Waals surface area contributed by atoms with E-state index in [1.165, 1.54) is 0 Å². The third-order valence-electron chi connectivity index (χ3n) is 1.72. The van der Waals surface area contributed by atoms with Crippen LogP contribution in [0, 0.1) is 0 Å². The van der Waals surface area contributed by atoms with E-state index in [2.05, 4.69) is 25.9 Å². The van der Waals surface area contributed by atoms with E-state index in [9.17, 15) is 4.79 Å². The number of allylic oxidation sites excluding steroid dienone is 3. The number of rotatable bonds is 0. The van der Waals surface area contributed by atoms with E-state index in [0.29, 0.717) is 11.3 Å². The molecule has 0 saturated carbocycles. The summed E-state index contributed by atoms with van der Waals surface area (Å²) in [7, 11) is 0. The van der Waals surface area contributed by atoms with Crippen molar-refractivity contribution < 1.29 is 4.79 Å².